The molecule has 3 N–H and O–H groups in total. The van der Waals surface area contributed by atoms with Crippen molar-refractivity contribution in [2.75, 3.05) is 13.2 Å². The van der Waals surface area contributed by atoms with Gasteiger partial charge in [0.25, 0.3) is 0 Å². The lowest BCUT2D eigenvalue weighted by Crippen LogP contribution is -2.34. The van der Waals surface area contributed by atoms with Gasteiger partial charge in [0.1, 0.15) is 0 Å². The summed E-state index contributed by atoms with van der Waals surface area (Å²) in [5.41, 5.74) is 5.14. The van der Waals surface area contributed by atoms with Crippen molar-refractivity contribution >= 4 is 5.97 Å². The number of carboxylic acid groups (broad SMARTS) is 1. The van der Waals surface area contributed by atoms with Gasteiger partial charge in [-0.15, -0.1) is 0 Å². The third-order valence-corrected chi connectivity index (χ3v) is 1.53. The Morgan fingerprint density at radius 2 is 2.33 bits per heavy atom. The zero-order valence-corrected chi connectivity index (χ0v) is 7.45. The molecule has 0 amide bonds. The minimum absolute atomic E-state index is 0.500. The van der Waals surface area contributed by atoms with E-state index < -0.39 is 12.1 Å². The van der Waals surface area contributed by atoms with Crippen LogP contribution < -0.4 is 5.73 Å². The maximum absolute atomic E-state index is 9.86. The largest absolute Gasteiger partial charge is 0.479 e. The van der Waals surface area contributed by atoms with Gasteiger partial charge in [-0.3, -0.25) is 0 Å². The standard InChI is InChI=1S/C4H11N.C4H6O3/c1-2-3-4-5;5-4(6)3-1-2-7-3/h2-5H2,1H3;3H,1-2H2,(H,5,6). The van der Waals surface area contributed by atoms with Crippen molar-refractivity contribution in [2.24, 2.45) is 5.73 Å². The average Bonchev–Trinajstić information content (AvgIpc) is 1.85. The molecular weight excluding hydrogens is 158 g/mol. The number of rotatable bonds is 3. The molecule has 1 rings (SSSR count). The van der Waals surface area contributed by atoms with Crippen LogP contribution in [0.5, 0.6) is 0 Å². The molecule has 72 valence electrons. The van der Waals surface area contributed by atoms with E-state index in [1.165, 1.54) is 12.8 Å². The van der Waals surface area contributed by atoms with E-state index >= 15 is 0 Å². The lowest BCUT2D eigenvalue weighted by atomic mass is 10.2. The molecule has 0 bridgehead atoms. The molecule has 1 aliphatic rings. The molecule has 0 aromatic rings. The third-order valence-electron chi connectivity index (χ3n) is 1.53. The van der Waals surface area contributed by atoms with Crippen LogP contribution in [0.3, 0.4) is 0 Å². The summed E-state index contributed by atoms with van der Waals surface area (Å²) < 4.78 is 4.59. The Kier molecular flexibility index (Phi) is 6.70. The van der Waals surface area contributed by atoms with Gasteiger partial charge in [-0.1, -0.05) is 13.3 Å². The van der Waals surface area contributed by atoms with Crippen LogP contribution in [-0.2, 0) is 9.53 Å². The molecule has 1 unspecified atom stereocenters. The zero-order chi connectivity index (χ0) is 9.40. The van der Waals surface area contributed by atoms with Crippen LogP contribution in [0.25, 0.3) is 0 Å². The van der Waals surface area contributed by atoms with Gasteiger partial charge in [0.15, 0.2) is 6.10 Å². The van der Waals surface area contributed by atoms with E-state index in [0.29, 0.717) is 13.0 Å². The lowest BCUT2D eigenvalue weighted by Gasteiger charge is -2.21. The summed E-state index contributed by atoms with van der Waals surface area (Å²) in [6.07, 6.45) is 2.56. The van der Waals surface area contributed by atoms with Crippen LogP contribution in [0.15, 0.2) is 0 Å². The monoisotopic (exact) mass is 175 g/mol. The van der Waals surface area contributed by atoms with Gasteiger partial charge >= 0.3 is 5.97 Å². The quantitative estimate of drug-likeness (QED) is 0.659. The molecule has 1 atom stereocenters. The Balaban J connectivity index is 0.000000217. The number of hydrogen-bond acceptors (Lipinski definition) is 3. The van der Waals surface area contributed by atoms with Crippen LogP contribution in [0.2, 0.25) is 0 Å². The first-order valence-corrected chi connectivity index (χ1v) is 4.26. The van der Waals surface area contributed by atoms with E-state index in [9.17, 15) is 4.79 Å². The first-order valence-electron chi connectivity index (χ1n) is 4.26. The summed E-state index contributed by atoms with van der Waals surface area (Å²) in [4.78, 5) is 9.86. The fourth-order valence-corrected chi connectivity index (χ4v) is 0.635. The van der Waals surface area contributed by atoms with E-state index in [0.717, 1.165) is 6.54 Å². The van der Waals surface area contributed by atoms with Crippen LogP contribution in [0, 0.1) is 0 Å². The molecule has 4 heteroatoms. The molecule has 1 saturated heterocycles. The van der Waals surface area contributed by atoms with Crippen molar-refractivity contribution in [3.05, 3.63) is 0 Å². The molecule has 0 radical (unpaired) electrons. The van der Waals surface area contributed by atoms with Crippen molar-refractivity contribution in [1.82, 2.24) is 0 Å². The molecule has 0 aromatic heterocycles. The van der Waals surface area contributed by atoms with Gasteiger partial charge < -0.3 is 15.6 Å². The first kappa shape index (κ1) is 11.4. The Labute approximate surface area is 72.7 Å². The third kappa shape index (κ3) is 5.09. The van der Waals surface area contributed by atoms with Crippen LogP contribution >= 0.6 is 0 Å². The molecular formula is C8H17NO3. The topological polar surface area (TPSA) is 72.6 Å². The van der Waals surface area contributed by atoms with Gasteiger partial charge in [0, 0.05) is 6.42 Å². The predicted molar refractivity (Wildman–Crippen MR) is 46.0 cm³/mol. The summed E-state index contributed by atoms with van der Waals surface area (Å²) in [6.45, 7) is 3.58. The Bertz CT molecular complexity index is 121. The normalized spacial score (nSPS) is 20.3. The number of unbranched alkanes of at least 4 members (excludes halogenated alkanes) is 1. The lowest BCUT2D eigenvalue weighted by molar-refractivity contribution is -0.162. The van der Waals surface area contributed by atoms with Gasteiger partial charge in [0.2, 0.25) is 0 Å². The minimum atomic E-state index is -0.841. The van der Waals surface area contributed by atoms with Gasteiger partial charge in [-0.2, -0.15) is 0 Å². The van der Waals surface area contributed by atoms with E-state index in [-0.39, 0.29) is 0 Å². The Morgan fingerprint density at radius 1 is 1.75 bits per heavy atom. The summed E-state index contributed by atoms with van der Waals surface area (Å²) >= 11 is 0. The van der Waals surface area contributed by atoms with E-state index in [2.05, 4.69) is 11.7 Å². The second-order valence-electron chi connectivity index (χ2n) is 2.63. The van der Waals surface area contributed by atoms with Crippen LogP contribution in [0.4, 0.5) is 0 Å². The fraction of sp³-hybridized carbons (Fsp3) is 0.875. The van der Waals surface area contributed by atoms with Crippen LogP contribution in [0.1, 0.15) is 26.2 Å². The molecule has 0 aliphatic carbocycles. The second-order valence-corrected chi connectivity index (χ2v) is 2.63. The summed E-state index contributed by atoms with van der Waals surface area (Å²) in [5, 5.41) is 8.11. The van der Waals surface area contributed by atoms with E-state index in [4.69, 9.17) is 10.8 Å². The number of hydrogen-bond donors (Lipinski definition) is 2. The van der Waals surface area contributed by atoms with Crippen molar-refractivity contribution in [3.8, 4) is 0 Å². The molecule has 12 heavy (non-hydrogen) atoms. The van der Waals surface area contributed by atoms with Gasteiger partial charge in [0.05, 0.1) is 6.61 Å². The van der Waals surface area contributed by atoms with Crippen molar-refractivity contribution in [3.63, 3.8) is 0 Å². The van der Waals surface area contributed by atoms with E-state index in [1.807, 2.05) is 0 Å². The van der Waals surface area contributed by atoms with Crippen LogP contribution in [-0.4, -0.2) is 30.3 Å². The van der Waals surface area contributed by atoms with Gasteiger partial charge in [-0.05, 0) is 13.0 Å². The highest BCUT2D eigenvalue weighted by Crippen LogP contribution is 2.09. The molecule has 4 nitrogen and oxygen atoms in total. The Morgan fingerprint density at radius 3 is 2.33 bits per heavy atom. The minimum Gasteiger partial charge on any atom is -0.479 e. The second kappa shape index (κ2) is 7.06. The molecule has 1 aliphatic heterocycles. The SMILES string of the molecule is CCCCN.O=C(O)C1CCO1. The highest BCUT2D eigenvalue weighted by molar-refractivity contribution is 5.72. The highest BCUT2D eigenvalue weighted by Gasteiger charge is 2.24. The number of ether oxygens (including phenoxy) is 1. The molecule has 0 saturated carbocycles. The molecule has 0 spiro atoms. The first-order chi connectivity index (χ1) is 5.72. The highest BCUT2D eigenvalue weighted by atomic mass is 16.5. The van der Waals surface area contributed by atoms with Crippen molar-refractivity contribution in [1.29, 1.82) is 0 Å². The van der Waals surface area contributed by atoms with E-state index in [1.54, 1.807) is 0 Å². The molecule has 1 heterocycles. The number of nitrogens with two attached hydrogens (primary N) is 1. The molecule has 0 aromatic carbocycles. The number of aliphatic carboxylic acids is 1. The summed E-state index contributed by atoms with van der Waals surface area (Å²) in [6, 6.07) is 0. The molecule has 1 fully saturated rings. The van der Waals surface area contributed by atoms with Crippen molar-refractivity contribution < 1.29 is 14.6 Å². The fourth-order valence-electron chi connectivity index (χ4n) is 0.635. The zero-order valence-electron chi connectivity index (χ0n) is 7.45. The Hall–Kier alpha value is -0.610. The number of carbonyl (C=O) groups is 1. The maximum Gasteiger partial charge on any atom is 0.332 e. The number of carboxylic acids is 1. The van der Waals surface area contributed by atoms with Crippen molar-refractivity contribution in [2.45, 2.75) is 32.3 Å². The maximum atomic E-state index is 9.86. The smallest absolute Gasteiger partial charge is 0.332 e. The van der Waals surface area contributed by atoms with Gasteiger partial charge in [-0.25, -0.2) is 4.79 Å². The predicted octanol–water partition coefficient (Wildman–Crippen LogP) is 0.605. The summed E-state index contributed by atoms with van der Waals surface area (Å²) in [7, 11) is 0. The average molecular weight is 175 g/mol. The summed E-state index contributed by atoms with van der Waals surface area (Å²) in [5.74, 6) is -0.841.